The summed E-state index contributed by atoms with van der Waals surface area (Å²) in [4.78, 5) is 25.9. The summed E-state index contributed by atoms with van der Waals surface area (Å²) >= 11 is 0. The van der Waals surface area contributed by atoms with Crippen LogP contribution in [0.1, 0.15) is 46.0 Å². The maximum atomic E-state index is 12.3. The van der Waals surface area contributed by atoms with Gasteiger partial charge >= 0.3 is 5.97 Å². The maximum absolute atomic E-state index is 12.3. The van der Waals surface area contributed by atoms with Gasteiger partial charge in [0.1, 0.15) is 6.04 Å². The van der Waals surface area contributed by atoms with Crippen molar-refractivity contribution in [2.45, 2.75) is 52.0 Å². The summed E-state index contributed by atoms with van der Waals surface area (Å²) in [5.74, 6) is 0.382. The third-order valence-electron chi connectivity index (χ3n) is 4.16. The molecule has 4 heteroatoms. The zero-order chi connectivity index (χ0) is 14.5. The Kier molecular flexibility index (Phi) is 5.21. The van der Waals surface area contributed by atoms with E-state index >= 15 is 0 Å². The van der Waals surface area contributed by atoms with E-state index in [4.69, 9.17) is 4.74 Å². The second-order valence-corrected chi connectivity index (χ2v) is 6.16. The Bertz CT molecular complexity index is 389. The zero-order valence-electron chi connectivity index (χ0n) is 12.5. The summed E-state index contributed by atoms with van der Waals surface area (Å²) in [6, 6.07) is -0.413. The molecule has 0 unspecified atom stereocenters. The fraction of sp³-hybridized carbons (Fsp3) is 0.750. The molecule has 0 bridgehead atoms. The molecule has 0 N–H and O–H groups in total. The van der Waals surface area contributed by atoms with Gasteiger partial charge in [-0.05, 0) is 37.5 Å². The van der Waals surface area contributed by atoms with Gasteiger partial charge < -0.3 is 9.64 Å². The molecule has 0 radical (unpaired) electrons. The first-order valence-electron chi connectivity index (χ1n) is 7.70. The third-order valence-corrected chi connectivity index (χ3v) is 4.16. The average molecular weight is 279 g/mol. The number of amides is 1. The molecule has 1 aliphatic heterocycles. The number of nitrogens with zero attached hydrogens (tertiary/aromatic N) is 1. The van der Waals surface area contributed by atoms with Gasteiger partial charge in [-0.25, -0.2) is 4.79 Å². The van der Waals surface area contributed by atoms with Crippen LogP contribution < -0.4 is 0 Å². The van der Waals surface area contributed by atoms with Crippen LogP contribution in [0.3, 0.4) is 0 Å². The van der Waals surface area contributed by atoms with Crippen molar-refractivity contribution in [1.82, 2.24) is 4.90 Å². The second kappa shape index (κ2) is 6.91. The van der Waals surface area contributed by atoms with Crippen molar-refractivity contribution in [1.29, 1.82) is 0 Å². The fourth-order valence-corrected chi connectivity index (χ4v) is 3.02. The van der Waals surface area contributed by atoms with Gasteiger partial charge in [-0.3, -0.25) is 4.79 Å². The Balaban J connectivity index is 1.90. The van der Waals surface area contributed by atoms with Crippen molar-refractivity contribution in [3.8, 4) is 0 Å². The van der Waals surface area contributed by atoms with Crippen molar-refractivity contribution in [3.63, 3.8) is 0 Å². The van der Waals surface area contributed by atoms with Crippen LogP contribution in [0.4, 0.5) is 0 Å². The van der Waals surface area contributed by atoms with Crippen LogP contribution in [-0.2, 0) is 14.3 Å². The Morgan fingerprint density at radius 1 is 1.45 bits per heavy atom. The zero-order valence-corrected chi connectivity index (χ0v) is 12.5. The summed E-state index contributed by atoms with van der Waals surface area (Å²) in [6.45, 7) is 5.11. The number of esters is 1. The van der Waals surface area contributed by atoms with E-state index < -0.39 is 6.04 Å². The van der Waals surface area contributed by atoms with Gasteiger partial charge in [-0.2, -0.15) is 0 Å². The van der Waals surface area contributed by atoms with Crippen LogP contribution >= 0.6 is 0 Å². The first-order chi connectivity index (χ1) is 9.59. The van der Waals surface area contributed by atoms with E-state index in [0.29, 0.717) is 25.5 Å². The monoisotopic (exact) mass is 279 g/mol. The van der Waals surface area contributed by atoms with Crippen molar-refractivity contribution in [3.05, 3.63) is 12.2 Å². The molecule has 0 aromatic carbocycles. The van der Waals surface area contributed by atoms with E-state index in [1.807, 2.05) is 13.8 Å². The van der Waals surface area contributed by atoms with Crippen molar-refractivity contribution >= 4 is 11.9 Å². The standard InChI is InChI=1S/C16H25NO3/c1-12(2)15(17-10-6-9-14(17)18)16(19)20-11-13-7-4-3-5-8-13/h3-4,12-13,15H,5-11H2,1-2H3/t13-,15-/m1/s1. The molecule has 0 aromatic heterocycles. The number of hydrogen-bond donors (Lipinski definition) is 0. The molecule has 1 saturated heterocycles. The molecule has 0 spiro atoms. The molecule has 4 nitrogen and oxygen atoms in total. The van der Waals surface area contributed by atoms with Crippen LogP contribution in [-0.4, -0.2) is 36.0 Å². The summed E-state index contributed by atoms with van der Waals surface area (Å²) < 4.78 is 5.50. The van der Waals surface area contributed by atoms with Gasteiger partial charge in [-0.1, -0.05) is 26.0 Å². The van der Waals surface area contributed by atoms with E-state index in [1.165, 1.54) is 0 Å². The van der Waals surface area contributed by atoms with Crippen molar-refractivity contribution < 1.29 is 14.3 Å². The molecule has 2 atom stereocenters. The van der Waals surface area contributed by atoms with E-state index in [0.717, 1.165) is 25.7 Å². The average Bonchev–Trinajstić information content (AvgIpc) is 2.84. The number of carbonyl (C=O) groups excluding carboxylic acids is 2. The Morgan fingerprint density at radius 3 is 2.80 bits per heavy atom. The van der Waals surface area contributed by atoms with Crippen molar-refractivity contribution in [2.24, 2.45) is 11.8 Å². The number of hydrogen-bond acceptors (Lipinski definition) is 3. The van der Waals surface area contributed by atoms with E-state index in [9.17, 15) is 9.59 Å². The molecular formula is C16H25NO3. The van der Waals surface area contributed by atoms with Crippen LogP contribution in [0.5, 0.6) is 0 Å². The summed E-state index contributed by atoms with van der Waals surface area (Å²) in [6.07, 6.45) is 8.89. The Labute approximate surface area is 121 Å². The second-order valence-electron chi connectivity index (χ2n) is 6.16. The van der Waals surface area contributed by atoms with E-state index in [-0.39, 0.29) is 17.8 Å². The molecule has 2 rings (SSSR count). The lowest BCUT2D eigenvalue weighted by Gasteiger charge is -2.29. The number of rotatable bonds is 5. The largest absolute Gasteiger partial charge is 0.464 e. The fourth-order valence-electron chi connectivity index (χ4n) is 3.02. The van der Waals surface area contributed by atoms with Crippen LogP contribution in [0.2, 0.25) is 0 Å². The Morgan fingerprint density at radius 2 is 2.25 bits per heavy atom. The lowest BCUT2D eigenvalue weighted by atomic mass is 9.95. The smallest absolute Gasteiger partial charge is 0.329 e. The molecule has 2 aliphatic rings. The molecular weight excluding hydrogens is 254 g/mol. The van der Waals surface area contributed by atoms with Crippen LogP contribution in [0, 0.1) is 11.8 Å². The molecule has 1 aliphatic carbocycles. The summed E-state index contributed by atoms with van der Waals surface area (Å²) in [7, 11) is 0. The number of likely N-dealkylation sites (tertiary alicyclic amines) is 1. The molecule has 112 valence electrons. The quantitative estimate of drug-likeness (QED) is 0.574. The lowest BCUT2D eigenvalue weighted by molar-refractivity contribution is -0.157. The highest BCUT2D eigenvalue weighted by Gasteiger charge is 2.36. The number of ether oxygens (including phenoxy) is 1. The summed E-state index contributed by atoms with van der Waals surface area (Å²) in [5, 5.41) is 0. The summed E-state index contributed by atoms with van der Waals surface area (Å²) in [5.41, 5.74) is 0. The molecule has 1 amide bonds. The van der Waals surface area contributed by atoms with E-state index in [1.54, 1.807) is 4.90 Å². The molecule has 0 aromatic rings. The van der Waals surface area contributed by atoms with Crippen LogP contribution in [0.15, 0.2) is 12.2 Å². The number of allylic oxidation sites excluding steroid dienone is 2. The molecule has 1 fully saturated rings. The highest BCUT2D eigenvalue weighted by atomic mass is 16.5. The molecule has 0 saturated carbocycles. The highest BCUT2D eigenvalue weighted by Crippen LogP contribution is 2.22. The van der Waals surface area contributed by atoms with Gasteiger partial charge in [0.15, 0.2) is 0 Å². The SMILES string of the molecule is CC(C)[C@H](C(=O)OC[C@@H]1CC=CCC1)N1CCCC1=O. The van der Waals surface area contributed by atoms with Crippen molar-refractivity contribution in [2.75, 3.05) is 13.2 Å². The first-order valence-corrected chi connectivity index (χ1v) is 7.70. The number of carbonyl (C=O) groups is 2. The van der Waals surface area contributed by atoms with Gasteiger partial charge in [0.2, 0.25) is 5.91 Å². The Hall–Kier alpha value is -1.32. The maximum Gasteiger partial charge on any atom is 0.329 e. The third kappa shape index (κ3) is 3.62. The normalized spacial score (nSPS) is 24.2. The minimum Gasteiger partial charge on any atom is -0.464 e. The minimum atomic E-state index is -0.413. The van der Waals surface area contributed by atoms with Gasteiger partial charge in [-0.15, -0.1) is 0 Å². The molecule has 20 heavy (non-hydrogen) atoms. The first kappa shape index (κ1) is 15.1. The highest BCUT2D eigenvalue weighted by molar-refractivity contribution is 5.86. The predicted octanol–water partition coefficient (Wildman–Crippen LogP) is 2.53. The van der Waals surface area contributed by atoms with Crippen LogP contribution in [0.25, 0.3) is 0 Å². The minimum absolute atomic E-state index is 0.0845. The topological polar surface area (TPSA) is 46.6 Å². The predicted molar refractivity (Wildman–Crippen MR) is 77.0 cm³/mol. The van der Waals surface area contributed by atoms with Gasteiger partial charge in [0.05, 0.1) is 6.61 Å². The van der Waals surface area contributed by atoms with E-state index in [2.05, 4.69) is 12.2 Å². The van der Waals surface area contributed by atoms with Gasteiger partial charge in [0.25, 0.3) is 0 Å². The lowest BCUT2D eigenvalue weighted by Crippen LogP contribution is -2.46. The molecule has 1 heterocycles. The van der Waals surface area contributed by atoms with Gasteiger partial charge in [0, 0.05) is 13.0 Å².